The summed E-state index contributed by atoms with van der Waals surface area (Å²) >= 11 is 6.14. The van der Waals surface area contributed by atoms with Crippen LogP contribution in [0.25, 0.3) is 22.4 Å². The van der Waals surface area contributed by atoms with Crippen molar-refractivity contribution in [3.63, 3.8) is 0 Å². The maximum Gasteiger partial charge on any atom is 0.308 e. The Bertz CT molecular complexity index is 1130. The van der Waals surface area contributed by atoms with Gasteiger partial charge in [0.2, 0.25) is 5.88 Å². The number of carbonyl (C=O) groups excluding carboxylic acids is 1. The highest BCUT2D eigenvalue weighted by Crippen LogP contribution is 2.29. The SMILES string of the molecule is COC(=O)[C@@H]1CCC(OCCOc2ccc(-c3cc(=O)c4cccc(Cl)c4o3)nn2)C1. The molecule has 1 fully saturated rings. The van der Waals surface area contributed by atoms with Gasteiger partial charge in [-0.3, -0.25) is 9.59 Å². The number of carbonyl (C=O) groups is 1. The van der Waals surface area contributed by atoms with Crippen LogP contribution in [-0.4, -0.2) is 42.6 Å². The third-order valence-electron chi connectivity index (χ3n) is 5.21. The fourth-order valence-corrected chi connectivity index (χ4v) is 3.84. The molecule has 9 heteroatoms. The zero-order valence-corrected chi connectivity index (χ0v) is 17.6. The first-order valence-corrected chi connectivity index (χ1v) is 10.3. The topological polar surface area (TPSA) is 101 Å². The molecule has 0 radical (unpaired) electrons. The van der Waals surface area contributed by atoms with Crippen molar-refractivity contribution in [3.8, 4) is 17.3 Å². The average Bonchev–Trinajstić information content (AvgIpc) is 3.26. The first-order chi connectivity index (χ1) is 15.0. The zero-order valence-electron chi connectivity index (χ0n) is 16.9. The second-order valence-corrected chi connectivity index (χ2v) is 7.63. The Hall–Kier alpha value is -2.97. The van der Waals surface area contributed by atoms with Crippen LogP contribution in [0.15, 0.2) is 45.6 Å². The van der Waals surface area contributed by atoms with E-state index in [1.165, 1.54) is 13.2 Å². The maximum atomic E-state index is 12.3. The number of hydrogen-bond acceptors (Lipinski definition) is 8. The Kier molecular flexibility index (Phi) is 6.48. The van der Waals surface area contributed by atoms with Gasteiger partial charge in [-0.2, -0.15) is 0 Å². The lowest BCUT2D eigenvalue weighted by molar-refractivity contribution is -0.145. The third-order valence-corrected chi connectivity index (χ3v) is 5.50. The van der Waals surface area contributed by atoms with Crippen LogP contribution in [0.3, 0.4) is 0 Å². The van der Waals surface area contributed by atoms with Crippen molar-refractivity contribution < 1.29 is 23.4 Å². The van der Waals surface area contributed by atoms with Crippen LogP contribution in [0.2, 0.25) is 5.02 Å². The monoisotopic (exact) mass is 444 g/mol. The third kappa shape index (κ3) is 4.86. The van der Waals surface area contributed by atoms with Crippen LogP contribution in [0, 0.1) is 5.92 Å². The van der Waals surface area contributed by atoms with E-state index in [0.29, 0.717) is 47.2 Å². The highest BCUT2D eigenvalue weighted by atomic mass is 35.5. The van der Waals surface area contributed by atoms with Gasteiger partial charge in [0.25, 0.3) is 0 Å². The van der Waals surface area contributed by atoms with Gasteiger partial charge in [0, 0.05) is 12.1 Å². The van der Waals surface area contributed by atoms with Gasteiger partial charge < -0.3 is 18.6 Å². The van der Waals surface area contributed by atoms with Crippen LogP contribution >= 0.6 is 11.6 Å². The van der Waals surface area contributed by atoms with Gasteiger partial charge >= 0.3 is 5.97 Å². The standard InChI is InChI=1S/C22H21ClN2O6/c1-28-22(27)13-5-6-14(11-13)29-9-10-30-20-8-7-17(24-25-20)19-12-18(26)15-3-2-4-16(23)21(15)31-19/h2-4,7-8,12-14H,5-6,9-11H2,1H3/t13-,14?/m1/s1. The highest BCUT2D eigenvalue weighted by Gasteiger charge is 2.31. The Morgan fingerprint density at radius 2 is 2.06 bits per heavy atom. The van der Waals surface area contributed by atoms with Crippen molar-refractivity contribution in [2.75, 3.05) is 20.3 Å². The first kappa shape index (κ1) is 21.3. The molecule has 0 amide bonds. The molecule has 2 atom stereocenters. The van der Waals surface area contributed by atoms with Gasteiger partial charge in [-0.25, -0.2) is 0 Å². The molecule has 1 aromatic carbocycles. The summed E-state index contributed by atoms with van der Waals surface area (Å²) in [6.07, 6.45) is 2.31. The molecule has 0 saturated heterocycles. The molecule has 3 aromatic rings. The second kappa shape index (κ2) is 9.45. The summed E-state index contributed by atoms with van der Waals surface area (Å²) in [5.74, 6) is 0.336. The van der Waals surface area contributed by atoms with Crippen LogP contribution in [0.1, 0.15) is 19.3 Å². The van der Waals surface area contributed by atoms with E-state index >= 15 is 0 Å². The van der Waals surface area contributed by atoms with Gasteiger partial charge in [-0.05, 0) is 37.5 Å². The van der Waals surface area contributed by atoms with Crippen LogP contribution < -0.4 is 10.2 Å². The van der Waals surface area contributed by atoms with Crippen molar-refractivity contribution >= 4 is 28.5 Å². The molecule has 31 heavy (non-hydrogen) atoms. The van der Waals surface area contributed by atoms with Gasteiger partial charge in [-0.15, -0.1) is 10.2 Å². The Morgan fingerprint density at radius 3 is 2.84 bits per heavy atom. The fourth-order valence-electron chi connectivity index (χ4n) is 3.63. The van der Waals surface area contributed by atoms with Crippen LogP contribution in [-0.2, 0) is 14.3 Å². The number of methoxy groups -OCH3 is 1. The van der Waals surface area contributed by atoms with E-state index in [9.17, 15) is 9.59 Å². The minimum Gasteiger partial charge on any atom is -0.474 e. The molecule has 1 unspecified atom stereocenters. The molecular weight excluding hydrogens is 424 g/mol. The average molecular weight is 445 g/mol. The van der Waals surface area contributed by atoms with Crippen molar-refractivity contribution in [2.45, 2.75) is 25.4 Å². The number of nitrogens with zero attached hydrogens (tertiary/aromatic N) is 2. The normalized spacial score (nSPS) is 18.3. The van der Waals surface area contributed by atoms with Crippen molar-refractivity contribution in [1.29, 1.82) is 0 Å². The van der Waals surface area contributed by atoms with Gasteiger partial charge in [-0.1, -0.05) is 17.7 Å². The summed E-state index contributed by atoms with van der Waals surface area (Å²) < 4.78 is 21.9. The quantitative estimate of drug-likeness (QED) is 0.402. The number of esters is 1. The van der Waals surface area contributed by atoms with Crippen LogP contribution in [0.4, 0.5) is 0 Å². The summed E-state index contributed by atoms with van der Waals surface area (Å²) in [4.78, 5) is 23.9. The lowest BCUT2D eigenvalue weighted by Crippen LogP contribution is -2.17. The highest BCUT2D eigenvalue weighted by molar-refractivity contribution is 6.34. The molecule has 1 aliphatic rings. The largest absolute Gasteiger partial charge is 0.474 e. The molecule has 4 rings (SSSR count). The number of aromatic nitrogens is 2. The number of benzene rings is 1. The summed E-state index contributed by atoms with van der Waals surface area (Å²) in [7, 11) is 1.40. The number of fused-ring (bicyclic) bond motifs is 1. The molecule has 0 N–H and O–H groups in total. The minimum atomic E-state index is -0.209. The summed E-state index contributed by atoms with van der Waals surface area (Å²) in [5, 5.41) is 8.86. The molecular formula is C22H21ClN2O6. The van der Waals surface area contributed by atoms with Crippen LogP contribution in [0.5, 0.6) is 5.88 Å². The molecule has 1 aliphatic carbocycles. The van der Waals surface area contributed by atoms with Crippen molar-refractivity contribution in [1.82, 2.24) is 10.2 Å². The second-order valence-electron chi connectivity index (χ2n) is 7.22. The lowest BCUT2D eigenvalue weighted by Gasteiger charge is -2.12. The molecule has 1 saturated carbocycles. The minimum absolute atomic E-state index is 0.0313. The van der Waals surface area contributed by atoms with E-state index < -0.39 is 0 Å². The van der Waals surface area contributed by atoms with E-state index in [1.807, 2.05) is 0 Å². The Balaban J connectivity index is 1.32. The molecule has 0 aliphatic heterocycles. The van der Waals surface area contributed by atoms with E-state index in [4.69, 9.17) is 30.2 Å². The zero-order chi connectivity index (χ0) is 21.8. The molecule has 2 aromatic heterocycles. The number of ether oxygens (including phenoxy) is 3. The molecule has 0 spiro atoms. The van der Waals surface area contributed by atoms with Crippen molar-refractivity contribution in [2.24, 2.45) is 5.92 Å². The summed E-state index contributed by atoms with van der Waals surface area (Å²) in [6.45, 7) is 0.675. The van der Waals surface area contributed by atoms with Gasteiger partial charge in [0.1, 0.15) is 12.3 Å². The van der Waals surface area contributed by atoms with E-state index in [0.717, 1.165) is 12.8 Å². The molecule has 162 valence electrons. The number of para-hydroxylation sites is 1. The predicted molar refractivity (Wildman–Crippen MR) is 113 cm³/mol. The number of hydrogen-bond donors (Lipinski definition) is 0. The van der Waals surface area contributed by atoms with Gasteiger partial charge in [0.05, 0.1) is 36.1 Å². The fraction of sp³-hybridized carbons (Fsp3) is 0.364. The summed E-state index contributed by atoms with van der Waals surface area (Å²) in [6, 6.07) is 9.66. The number of halogens is 1. The van der Waals surface area contributed by atoms with E-state index in [-0.39, 0.29) is 29.2 Å². The Morgan fingerprint density at radius 1 is 1.19 bits per heavy atom. The summed E-state index contributed by atoms with van der Waals surface area (Å²) in [5.41, 5.74) is 0.494. The smallest absolute Gasteiger partial charge is 0.308 e. The van der Waals surface area contributed by atoms with Crippen molar-refractivity contribution in [3.05, 3.63) is 51.6 Å². The van der Waals surface area contributed by atoms with Gasteiger partial charge in [0.15, 0.2) is 16.8 Å². The molecule has 2 heterocycles. The Labute approximate surface area is 183 Å². The molecule has 0 bridgehead atoms. The first-order valence-electron chi connectivity index (χ1n) is 9.94. The maximum absolute atomic E-state index is 12.3. The predicted octanol–water partition coefficient (Wildman–Crippen LogP) is 3.64. The van der Waals surface area contributed by atoms with E-state index in [2.05, 4.69) is 10.2 Å². The van der Waals surface area contributed by atoms with E-state index in [1.54, 1.807) is 30.3 Å². The molecule has 8 nitrogen and oxygen atoms in total. The number of rotatable bonds is 7. The lowest BCUT2D eigenvalue weighted by atomic mass is 10.1.